The van der Waals surface area contributed by atoms with Gasteiger partial charge in [-0.2, -0.15) is 0 Å². The van der Waals surface area contributed by atoms with Gasteiger partial charge in [0.05, 0.1) is 9.75 Å². The highest BCUT2D eigenvalue weighted by Crippen LogP contribution is 2.55. The first-order valence-electron chi connectivity index (χ1n) is 7.96. The first kappa shape index (κ1) is 13.5. The van der Waals surface area contributed by atoms with Crippen molar-refractivity contribution in [2.24, 2.45) is 17.8 Å². The molecule has 0 atom stereocenters. The Morgan fingerprint density at radius 1 is 1.05 bits per heavy atom. The fourth-order valence-electron chi connectivity index (χ4n) is 5.22. The van der Waals surface area contributed by atoms with Crippen LogP contribution in [0.1, 0.15) is 64.8 Å². The number of rotatable bonds is 3. The minimum Gasteiger partial charge on any atom is -0.346 e. The van der Waals surface area contributed by atoms with E-state index < -0.39 is 0 Å². The van der Waals surface area contributed by atoms with Crippen LogP contribution in [0.4, 0.5) is 0 Å². The van der Waals surface area contributed by atoms with Gasteiger partial charge in [0.1, 0.15) is 0 Å². The van der Waals surface area contributed by atoms with Gasteiger partial charge in [-0.15, -0.1) is 11.3 Å². The van der Waals surface area contributed by atoms with Crippen LogP contribution in [-0.2, 0) is 0 Å². The topological polar surface area (TPSA) is 46.2 Å². The van der Waals surface area contributed by atoms with Crippen LogP contribution < -0.4 is 5.32 Å². The summed E-state index contributed by atoms with van der Waals surface area (Å²) in [6.45, 7) is 1.55. The molecular formula is C17H21NO2S. The minimum absolute atomic E-state index is 0.0226. The van der Waals surface area contributed by atoms with E-state index >= 15 is 0 Å². The highest BCUT2D eigenvalue weighted by Gasteiger charge is 2.51. The van der Waals surface area contributed by atoms with Crippen molar-refractivity contribution in [3.63, 3.8) is 0 Å². The van der Waals surface area contributed by atoms with Gasteiger partial charge in [0.25, 0.3) is 5.91 Å². The quantitative estimate of drug-likeness (QED) is 0.866. The van der Waals surface area contributed by atoms with Gasteiger partial charge in [0, 0.05) is 5.54 Å². The van der Waals surface area contributed by atoms with Gasteiger partial charge in [-0.1, -0.05) is 0 Å². The molecule has 1 amide bonds. The molecule has 4 bridgehead atoms. The molecule has 0 saturated heterocycles. The van der Waals surface area contributed by atoms with E-state index in [4.69, 9.17) is 0 Å². The summed E-state index contributed by atoms with van der Waals surface area (Å²) in [5.41, 5.74) is 0.0478. The number of carbonyl (C=O) groups excluding carboxylic acids is 2. The third-order valence-corrected chi connectivity index (χ3v) is 6.78. The molecule has 4 aliphatic carbocycles. The van der Waals surface area contributed by atoms with Crippen LogP contribution in [0, 0.1) is 17.8 Å². The summed E-state index contributed by atoms with van der Waals surface area (Å²) >= 11 is 1.32. The van der Waals surface area contributed by atoms with Gasteiger partial charge in [-0.05, 0) is 75.3 Å². The maximum absolute atomic E-state index is 12.6. The van der Waals surface area contributed by atoms with Gasteiger partial charge in [-0.25, -0.2) is 0 Å². The van der Waals surface area contributed by atoms with E-state index in [9.17, 15) is 9.59 Å². The van der Waals surface area contributed by atoms with Crippen molar-refractivity contribution in [3.8, 4) is 0 Å². The third kappa shape index (κ3) is 2.33. The highest BCUT2D eigenvalue weighted by atomic mass is 32.1. The van der Waals surface area contributed by atoms with Crippen LogP contribution in [-0.4, -0.2) is 17.2 Å². The Balaban J connectivity index is 1.52. The Bertz CT molecular complexity index is 568. The lowest BCUT2D eigenvalue weighted by Crippen LogP contribution is -2.59. The Morgan fingerprint density at radius 3 is 2.05 bits per heavy atom. The van der Waals surface area contributed by atoms with E-state index in [0.29, 0.717) is 9.75 Å². The summed E-state index contributed by atoms with van der Waals surface area (Å²) in [4.78, 5) is 25.3. The smallest absolute Gasteiger partial charge is 0.261 e. The molecule has 1 N–H and O–H groups in total. The second kappa shape index (κ2) is 4.67. The predicted molar refractivity (Wildman–Crippen MR) is 82.7 cm³/mol. The van der Waals surface area contributed by atoms with Crippen molar-refractivity contribution in [3.05, 3.63) is 21.9 Å². The first-order valence-corrected chi connectivity index (χ1v) is 8.78. The molecule has 1 aromatic rings. The van der Waals surface area contributed by atoms with E-state index in [1.54, 1.807) is 19.1 Å². The van der Waals surface area contributed by atoms with Crippen molar-refractivity contribution < 1.29 is 9.59 Å². The molecule has 4 heteroatoms. The van der Waals surface area contributed by atoms with E-state index in [1.165, 1.54) is 30.6 Å². The molecule has 0 radical (unpaired) electrons. The summed E-state index contributed by atoms with van der Waals surface area (Å²) in [5.74, 6) is 2.54. The molecule has 21 heavy (non-hydrogen) atoms. The van der Waals surface area contributed by atoms with Crippen molar-refractivity contribution in [2.75, 3.05) is 0 Å². The number of ketones is 1. The van der Waals surface area contributed by atoms with E-state index in [0.717, 1.165) is 37.0 Å². The monoisotopic (exact) mass is 303 g/mol. The summed E-state index contributed by atoms with van der Waals surface area (Å²) in [6.07, 6.45) is 7.62. The zero-order valence-electron chi connectivity index (χ0n) is 12.4. The highest BCUT2D eigenvalue weighted by molar-refractivity contribution is 7.15. The molecule has 1 heterocycles. The second-order valence-electron chi connectivity index (χ2n) is 7.37. The van der Waals surface area contributed by atoms with Crippen molar-refractivity contribution in [1.82, 2.24) is 5.32 Å². The Labute approximate surface area is 129 Å². The molecule has 112 valence electrons. The summed E-state index contributed by atoms with van der Waals surface area (Å²) in [7, 11) is 0. The van der Waals surface area contributed by atoms with Crippen LogP contribution in [0.3, 0.4) is 0 Å². The molecule has 3 nitrogen and oxygen atoms in total. The minimum atomic E-state index is 0.0226. The van der Waals surface area contributed by atoms with Gasteiger partial charge >= 0.3 is 0 Å². The van der Waals surface area contributed by atoms with Crippen LogP contribution >= 0.6 is 11.3 Å². The lowest BCUT2D eigenvalue weighted by Gasteiger charge is -2.56. The van der Waals surface area contributed by atoms with Crippen LogP contribution in [0.15, 0.2) is 12.1 Å². The van der Waals surface area contributed by atoms with Gasteiger partial charge in [0.15, 0.2) is 5.78 Å². The average molecular weight is 303 g/mol. The summed E-state index contributed by atoms with van der Waals surface area (Å²) < 4.78 is 0. The largest absolute Gasteiger partial charge is 0.346 e. The van der Waals surface area contributed by atoms with Crippen LogP contribution in [0.5, 0.6) is 0 Å². The normalized spacial score (nSPS) is 36.7. The number of hydrogen-bond acceptors (Lipinski definition) is 3. The summed E-state index contributed by atoms with van der Waals surface area (Å²) in [5, 5.41) is 3.35. The van der Waals surface area contributed by atoms with E-state index in [2.05, 4.69) is 5.32 Å². The predicted octanol–water partition coefficient (Wildman–Crippen LogP) is 3.65. The molecule has 5 rings (SSSR count). The molecule has 0 unspecified atom stereocenters. The fourth-order valence-corrected chi connectivity index (χ4v) is 6.01. The maximum Gasteiger partial charge on any atom is 0.261 e. The van der Waals surface area contributed by atoms with Crippen molar-refractivity contribution in [1.29, 1.82) is 0 Å². The van der Waals surface area contributed by atoms with Gasteiger partial charge in [0.2, 0.25) is 0 Å². The molecular weight excluding hydrogens is 282 g/mol. The number of thiophene rings is 1. The molecule has 0 spiro atoms. The standard InChI is InChI=1S/C17H21NO2S/c1-10(19)14-2-3-15(21-14)16(20)18-17-7-11-4-12(8-17)6-13(5-11)9-17/h2-3,11-13H,4-9H2,1H3,(H,18,20). The third-order valence-electron chi connectivity index (χ3n) is 5.59. The Morgan fingerprint density at radius 2 is 1.57 bits per heavy atom. The number of amides is 1. The zero-order valence-corrected chi connectivity index (χ0v) is 13.2. The van der Waals surface area contributed by atoms with E-state index in [1.807, 2.05) is 0 Å². The lowest BCUT2D eigenvalue weighted by molar-refractivity contribution is -0.0166. The Kier molecular flexibility index (Phi) is 3.00. The van der Waals surface area contributed by atoms with Crippen LogP contribution in [0.25, 0.3) is 0 Å². The number of nitrogens with one attached hydrogen (secondary N) is 1. The van der Waals surface area contributed by atoms with E-state index in [-0.39, 0.29) is 17.2 Å². The van der Waals surface area contributed by atoms with Crippen molar-refractivity contribution >= 4 is 23.0 Å². The fraction of sp³-hybridized carbons (Fsp3) is 0.647. The number of carbonyl (C=O) groups is 2. The first-order chi connectivity index (χ1) is 10.0. The molecule has 4 aliphatic rings. The average Bonchev–Trinajstić information content (AvgIpc) is 2.85. The number of Topliss-reactive ketones (excluding diaryl/α,β-unsaturated/α-hetero) is 1. The lowest BCUT2D eigenvalue weighted by atomic mass is 9.53. The molecule has 4 saturated carbocycles. The maximum atomic E-state index is 12.6. The molecule has 0 aromatic carbocycles. The van der Waals surface area contributed by atoms with Crippen molar-refractivity contribution in [2.45, 2.75) is 51.0 Å². The second-order valence-corrected chi connectivity index (χ2v) is 8.46. The summed E-state index contributed by atoms with van der Waals surface area (Å²) in [6, 6.07) is 3.55. The molecule has 4 fully saturated rings. The SMILES string of the molecule is CC(=O)c1ccc(C(=O)NC23CC4CC(CC(C4)C2)C3)s1. The molecule has 1 aromatic heterocycles. The van der Waals surface area contributed by atoms with Crippen LogP contribution in [0.2, 0.25) is 0 Å². The number of hydrogen-bond donors (Lipinski definition) is 1. The zero-order chi connectivity index (χ0) is 14.6. The van der Waals surface area contributed by atoms with Gasteiger partial charge in [-0.3, -0.25) is 9.59 Å². The van der Waals surface area contributed by atoms with Gasteiger partial charge < -0.3 is 5.32 Å². The Hall–Kier alpha value is -1.16. The molecule has 0 aliphatic heterocycles.